The molecule has 0 aliphatic rings. The fraction of sp³-hybridized carbons (Fsp3) is 0. The summed E-state index contributed by atoms with van der Waals surface area (Å²) in [5.74, 6) is 0. The van der Waals surface area contributed by atoms with Crippen LogP contribution in [0.3, 0.4) is 0 Å². The first kappa shape index (κ1) is 11.1. The Morgan fingerprint density at radius 1 is 0.286 bits per heavy atom. The van der Waals surface area contributed by atoms with Gasteiger partial charge in [-0.05, 0) is 113 Å². The Hall–Kier alpha value is -6.44. The standard InChI is InChI=1S/C48H30O/c1-3-11-31(12-4-1)36-23-25-39-40-26-24-37(30-46(40)49-45(39)29-36)34-19-20-35-28-38(22-21-33(35)27-34)48-43-17-9-7-15-41(43)47(32-13-5-2-6-14-32)42-16-8-10-18-44(42)48/h1-30H/i1D,2D,3D,4D,5D,6D,7D,8D,9D,10D,11D,12D,13D,14D,15D,16D,17D,18D,19D,20D,21D,22D,23D,24D,25D,26D,27D,28D,29D,30D. The Balaban J connectivity index is 1.34. The lowest BCUT2D eigenvalue weighted by Gasteiger charge is -2.18. The first-order valence-corrected chi connectivity index (χ1v) is 14.4. The molecule has 9 aromatic carbocycles. The van der Waals surface area contributed by atoms with Gasteiger partial charge in [-0.1, -0.05) is 145 Å². The van der Waals surface area contributed by atoms with Crippen molar-refractivity contribution in [1.29, 1.82) is 0 Å². The third-order valence-electron chi connectivity index (χ3n) is 7.76. The zero-order valence-corrected chi connectivity index (χ0v) is 24.4. The minimum absolute atomic E-state index is 0.466. The molecule has 0 N–H and O–H groups in total. The Labute approximate surface area is 326 Å². The van der Waals surface area contributed by atoms with Gasteiger partial charge in [-0.15, -0.1) is 0 Å². The van der Waals surface area contributed by atoms with E-state index in [-0.39, 0.29) is 0 Å². The summed E-state index contributed by atoms with van der Waals surface area (Å²) in [5, 5.41) is -5.35. The Morgan fingerprint density at radius 2 is 0.673 bits per heavy atom. The van der Waals surface area contributed by atoms with Gasteiger partial charge in [0.1, 0.15) is 11.2 Å². The van der Waals surface area contributed by atoms with Gasteiger partial charge >= 0.3 is 0 Å². The van der Waals surface area contributed by atoms with E-state index in [4.69, 9.17) is 29.1 Å². The topological polar surface area (TPSA) is 13.1 Å². The average Bonchev–Trinajstić information content (AvgIpc) is 3.96. The zero-order chi connectivity index (χ0) is 58.4. The summed E-state index contributed by atoms with van der Waals surface area (Å²) >= 11 is 0. The van der Waals surface area contributed by atoms with E-state index in [0.717, 1.165) is 0 Å². The maximum Gasteiger partial charge on any atom is 0.136 e. The van der Waals surface area contributed by atoms with E-state index >= 15 is 0 Å². The molecule has 10 rings (SSSR count). The second-order valence-corrected chi connectivity index (χ2v) is 10.5. The van der Waals surface area contributed by atoms with E-state index in [1.807, 2.05) is 0 Å². The van der Waals surface area contributed by atoms with Crippen LogP contribution in [0.2, 0.25) is 0 Å². The Bertz CT molecular complexity index is 4460. The molecule has 0 radical (unpaired) electrons. The lowest BCUT2D eigenvalue weighted by atomic mass is 9.85. The van der Waals surface area contributed by atoms with Gasteiger partial charge in [-0.3, -0.25) is 0 Å². The van der Waals surface area contributed by atoms with Crippen molar-refractivity contribution >= 4 is 54.3 Å². The number of fused-ring (bicyclic) bond motifs is 6. The minimum Gasteiger partial charge on any atom is -0.456 e. The molecule has 1 nitrogen and oxygen atoms in total. The van der Waals surface area contributed by atoms with Crippen molar-refractivity contribution in [2.24, 2.45) is 0 Å². The van der Waals surface area contributed by atoms with Gasteiger partial charge in [0.05, 0.1) is 41.1 Å². The molecule has 0 saturated carbocycles. The van der Waals surface area contributed by atoms with E-state index in [0.29, 0.717) is 0 Å². The van der Waals surface area contributed by atoms with Crippen molar-refractivity contribution in [2.45, 2.75) is 0 Å². The molecule has 0 aliphatic heterocycles. The van der Waals surface area contributed by atoms with Crippen molar-refractivity contribution in [2.75, 3.05) is 0 Å². The molecule has 228 valence electrons. The third-order valence-corrected chi connectivity index (χ3v) is 7.76. The van der Waals surface area contributed by atoms with Crippen LogP contribution in [0.4, 0.5) is 0 Å². The summed E-state index contributed by atoms with van der Waals surface area (Å²) in [5.41, 5.74) is -7.15. The molecular weight excluding hydrogens is 593 g/mol. The summed E-state index contributed by atoms with van der Waals surface area (Å²) in [6, 6.07) is -27.9. The summed E-state index contributed by atoms with van der Waals surface area (Å²) in [7, 11) is 0. The van der Waals surface area contributed by atoms with Crippen molar-refractivity contribution in [1.82, 2.24) is 0 Å². The van der Waals surface area contributed by atoms with Crippen molar-refractivity contribution in [3.05, 3.63) is 181 Å². The molecule has 0 aliphatic carbocycles. The van der Waals surface area contributed by atoms with Crippen LogP contribution < -0.4 is 0 Å². The van der Waals surface area contributed by atoms with Crippen molar-refractivity contribution in [3.63, 3.8) is 0 Å². The molecule has 0 fully saturated rings. The highest BCUT2D eigenvalue weighted by Gasteiger charge is 2.17. The van der Waals surface area contributed by atoms with Crippen LogP contribution >= 0.6 is 0 Å². The van der Waals surface area contributed by atoms with Gasteiger partial charge < -0.3 is 4.42 Å². The molecule has 0 saturated heterocycles. The predicted molar refractivity (Wildman–Crippen MR) is 208 cm³/mol. The highest BCUT2D eigenvalue weighted by Crippen LogP contribution is 2.44. The van der Waals surface area contributed by atoms with Gasteiger partial charge in [0.25, 0.3) is 0 Å². The largest absolute Gasteiger partial charge is 0.456 e. The van der Waals surface area contributed by atoms with Crippen LogP contribution in [-0.4, -0.2) is 0 Å². The van der Waals surface area contributed by atoms with Gasteiger partial charge in [-0.2, -0.15) is 0 Å². The van der Waals surface area contributed by atoms with Crippen LogP contribution in [0, 0.1) is 0 Å². The van der Waals surface area contributed by atoms with Crippen LogP contribution in [0.15, 0.2) is 186 Å². The zero-order valence-electron chi connectivity index (χ0n) is 54.4. The van der Waals surface area contributed by atoms with E-state index in [1.54, 1.807) is 0 Å². The number of hydrogen-bond donors (Lipinski definition) is 0. The second kappa shape index (κ2) is 11.1. The first-order chi connectivity index (χ1) is 36.8. The van der Waals surface area contributed by atoms with E-state index in [1.165, 1.54) is 0 Å². The second-order valence-electron chi connectivity index (χ2n) is 10.5. The lowest BCUT2D eigenvalue weighted by molar-refractivity contribution is 0.669. The maximum absolute atomic E-state index is 9.74. The van der Waals surface area contributed by atoms with Gasteiger partial charge in [0, 0.05) is 10.8 Å². The number of hydrogen-bond acceptors (Lipinski definition) is 1. The molecule has 0 amide bonds. The summed E-state index contributed by atoms with van der Waals surface area (Å²) < 4.78 is 274. The number of rotatable bonds is 4. The molecule has 1 heteroatoms. The minimum atomic E-state index is -1.08. The molecule has 0 atom stereocenters. The molecule has 1 aromatic heterocycles. The monoisotopic (exact) mass is 652 g/mol. The molecule has 1 heterocycles. The van der Waals surface area contributed by atoms with E-state index < -0.39 is 280 Å². The summed E-state index contributed by atoms with van der Waals surface area (Å²) in [6.07, 6.45) is 0. The normalized spacial score (nSPS) is 20.2. The summed E-state index contributed by atoms with van der Waals surface area (Å²) in [4.78, 5) is 0. The molecule has 10 aromatic rings. The number of benzene rings is 9. The van der Waals surface area contributed by atoms with Crippen LogP contribution in [0.25, 0.3) is 98.8 Å². The predicted octanol–water partition coefficient (Wildman–Crippen LogP) is 13.7. The molecule has 0 unspecified atom stereocenters. The molecule has 49 heavy (non-hydrogen) atoms. The molecule has 0 bridgehead atoms. The maximum atomic E-state index is 9.74. The molecule has 0 spiro atoms. The SMILES string of the molecule is [2H]c1c([2H])c([2H])c(-c2c([2H])c([2H])c3c(oc4c([2H])c(-c5c([2H])c([2H])c6c([2H])c(-c7c8c([2H])c([2H])c([2H])c([2H])c8c(-c8c([2H])c([2H])c([2H])c([2H])c8[2H])c8c([2H])c([2H])c([2H])c([2H])c78)c([2H])c([2H])c6c5[2H])c([2H])c([2H])c43)c2[2H])c([2H])c1[2H]. The summed E-state index contributed by atoms with van der Waals surface area (Å²) in [6.45, 7) is 0. The fourth-order valence-electron chi connectivity index (χ4n) is 5.64. The number of furan rings is 1. The first-order valence-electron chi connectivity index (χ1n) is 29.4. The Morgan fingerprint density at radius 3 is 1.22 bits per heavy atom. The van der Waals surface area contributed by atoms with Crippen molar-refractivity contribution in [3.8, 4) is 44.5 Å². The third kappa shape index (κ3) is 4.55. The van der Waals surface area contributed by atoms with Crippen LogP contribution in [-0.2, 0) is 0 Å². The Kier molecular flexibility index (Phi) is 2.50. The van der Waals surface area contributed by atoms with Gasteiger partial charge in [0.2, 0.25) is 0 Å². The van der Waals surface area contributed by atoms with Crippen molar-refractivity contribution < 1.29 is 45.5 Å². The van der Waals surface area contributed by atoms with Crippen LogP contribution in [0.5, 0.6) is 0 Å². The lowest BCUT2D eigenvalue weighted by Crippen LogP contribution is -1.90. The van der Waals surface area contributed by atoms with Gasteiger partial charge in [-0.25, -0.2) is 0 Å². The molecular formula is C48H30O. The highest BCUT2D eigenvalue weighted by molar-refractivity contribution is 6.21. The smallest absolute Gasteiger partial charge is 0.136 e. The van der Waals surface area contributed by atoms with Gasteiger partial charge in [0.15, 0.2) is 0 Å². The average molecular weight is 653 g/mol. The van der Waals surface area contributed by atoms with E-state index in [2.05, 4.69) is 0 Å². The van der Waals surface area contributed by atoms with E-state index in [9.17, 15) is 16.4 Å². The quantitative estimate of drug-likeness (QED) is 0.172. The fourth-order valence-corrected chi connectivity index (χ4v) is 5.64. The van der Waals surface area contributed by atoms with Crippen LogP contribution in [0.1, 0.15) is 41.1 Å². The highest BCUT2D eigenvalue weighted by atomic mass is 16.3.